The average Bonchev–Trinajstić information content (AvgIpc) is 2.30. The van der Waals surface area contributed by atoms with Gasteiger partial charge in [0.25, 0.3) is 0 Å². The monoisotopic (exact) mass is 217 g/mol. The van der Waals surface area contributed by atoms with Crippen LogP contribution >= 0.6 is 0 Å². The minimum absolute atomic E-state index is 0.406. The second-order valence-electron chi connectivity index (χ2n) is 4.00. The molecule has 2 aromatic carbocycles. The molecule has 0 saturated heterocycles. The van der Waals surface area contributed by atoms with E-state index in [4.69, 9.17) is 0 Å². The van der Waals surface area contributed by atoms with Gasteiger partial charge >= 0.3 is 0 Å². The standard InChI is InChI=1S/C14H16FN/c1-16-10-13(15)9-12-7-4-6-11-5-2-3-8-14(11)12/h2-8,13,16H,9-10H2,1H3. The Morgan fingerprint density at radius 1 is 1.12 bits per heavy atom. The van der Waals surface area contributed by atoms with E-state index in [0.717, 1.165) is 10.9 Å². The molecule has 0 aliphatic rings. The number of hydrogen-bond acceptors (Lipinski definition) is 1. The fraction of sp³-hybridized carbons (Fsp3) is 0.286. The van der Waals surface area contributed by atoms with Crippen LogP contribution in [0.5, 0.6) is 0 Å². The Morgan fingerprint density at radius 2 is 1.88 bits per heavy atom. The topological polar surface area (TPSA) is 12.0 Å². The molecular formula is C14H16FN. The molecule has 2 heteroatoms. The van der Waals surface area contributed by atoms with Crippen LogP contribution in [0.25, 0.3) is 10.8 Å². The average molecular weight is 217 g/mol. The van der Waals surface area contributed by atoms with Gasteiger partial charge in [-0.05, 0) is 23.4 Å². The molecule has 16 heavy (non-hydrogen) atoms. The molecule has 0 radical (unpaired) electrons. The van der Waals surface area contributed by atoms with Crippen LogP contribution in [0.3, 0.4) is 0 Å². The van der Waals surface area contributed by atoms with E-state index in [1.807, 2.05) is 24.3 Å². The number of hydrogen-bond donors (Lipinski definition) is 1. The first-order chi connectivity index (χ1) is 7.81. The van der Waals surface area contributed by atoms with E-state index in [1.165, 1.54) is 5.39 Å². The molecule has 0 fully saturated rings. The van der Waals surface area contributed by atoms with Crippen molar-refractivity contribution in [1.82, 2.24) is 5.32 Å². The molecule has 0 amide bonds. The van der Waals surface area contributed by atoms with Gasteiger partial charge in [-0.25, -0.2) is 4.39 Å². The molecule has 0 aliphatic carbocycles. The Hall–Kier alpha value is -1.41. The van der Waals surface area contributed by atoms with Gasteiger partial charge in [0.1, 0.15) is 6.17 Å². The lowest BCUT2D eigenvalue weighted by Gasteiger charge is -2.10. The van der Waals surface area contributed by atoms with E-state index in [2.05, 4.69) is 23.5 Å². The normalized spacial score (nSPS) is 12.9. The summed E-state index contributed by atoms with van der Waals surface area (Å²) >= 11 is 0. The third kappa shape index (κ3) is 2.39. The molecule has 84 valence electrons. The van der Waals surface area contributed by atoms with E-state index in [9.17, 15) is 4.39 Å². The first-order valence-electron chi connectivity index (χ1n) is 5.56. The van der Waals surface area contributed by atoms with Gasteiger partial charge in [0.05, 0.1) is 0 Å². The number of halogens is 1. The Labute approximate surface area is 95.3 Å². The summed E-state index contributed by atoms with van der Waals surface area (Å²) in [6, 6.07) is 14.2. The van der Waals surface area contributed by atoms with Gasteiger partial charge in [-0.3, -0.25) is 0 Å². The van der Waals surface area contributed by atoms with Crippen molar-refractivity contribution in [3.8, 4) is 0 Å². The zero-order chi connectivity index (χ0) is 11.4. The molecule has 1 N–H and O–H groups in total. The zero-order valence-electron chi connectivity index (χ0n) is 9.41. The molecule has 0 heterocycles. The SMILES string of the molecule is CNCC(F)Cc1cccc2ccccc12. The second-order valence-corrected chi connectivity index (χ2v) is 4.00. The van der Waals surface area contributed by atoms with Crippen LogP contribution in [0.2, 0.25) is 0 Å². The third-order valence-corrected chi connectivity index (χ3v) is 2.75. The molecule has 2 aromatic rings. The maximum absolute atomic E-state index is 13.6. The first-order valence-corrected chi connectivity index (χ1v) is 5.56. The first kappa shape index (κ1) is 11.1. The summed E-state index contributed by atoms with van der Waals surface area (Å²) in [7, 11) is 1.77. The highest BCUT2D eigenvalue weighted by Crippen LogP contribution is 2.20. The number of benzene rings is 2. The van der Waals surface area contributed by atoms with E-state index in [0.29, 0.717) is 13.0 Å². The molecule has 1 unspecified atom stereocenters. The van der Waals surface area contributed by atoms with Crippen LogP contribution in [0.1, 0.15) is 5.56 Å². The lowest BCUT2D eigenvalue weighted by Crippen LogP contribution is -2.21. The largest absolute Gasteiger partial charge is 0.317 e. The summed E-state index contributed by atoms with van der Waals surface area (Å²) < 4.78 is 13.6. The molecule has 1 nitrogen and oxygen atoms in total. The van der Waals surface area contributed by atoms with Crippen molar-refractivity contribution in [2.75, 3.05) is 13.6 Å². The van der Waals surface area contributed by atoms with Crippen molar-refractivity contribution < 1.29 is 4.39 Å². The smallest absolute Gasteiger partial charge is 0.117 e. The van der Waals surface area contributed by atoms with Gasteiger partial charge in [-0.2, -0.15) is 0 Å². The summed E-state index contributed by atoms with van der Waals surface area (Å²) in [6.07, 6.45) is -0.349. The minimum atomic E-state index is -0.823. The van der Waals surface area contributed by atoms with E-state index >= 15 is 0 Å². The number of rotatable bonds is 4. The van der Waals surface area contributed by atoms with Gasteiger partial charge in [0, 0.05) is 13.0 Å². The fourth-order valence-corrected chi connectivity index (χ4v) is 2.00. The van der Waals surface area contributed by atoms with E-state index in [-0.39, 0.29) is 0 Å². The molecular weight excluding hydrogens is 201 g/mol. The molecule has 0 saturated carbocycles. The highest BCUT2D eigenvalue weighted by atomic mass is 19.1. The second kappa shape index (κ2) is 5.08. The highest BCUT2D eigenvalue weighted by Gasteiger charge is 2.08. The van der Waals surface area contributed by atoms with Crippen LogP contribution in [0.15, 0.2) is 42.5 Å². The Morgan fingerprint density at radius 3 is 2.69 bits per heavy atom. The quantitative estimate of drug-likeness (QED) is 0.830. The molecule has 1 atom stereocenters. The number of alkyl halides is 1. The number of fused-ring (bicyclic) bond motifs is 1. The van der Waals surface area contributed by atoms with Crippen LogP contribution in [0.4, 0.5) is 4.39 Å². The minimum Gasteiger partial charge on any atom is -0.317 e. The predicted octanol–water partition coefficient (Wildman–Crippen LogP) is 2.94. The van der Waals surface area contributed by atoms with Crippen molar-refractivity contribution in [1.29, 1.82) is 0 Å². The molecule has 0 aliphatic heterocycles. The summed E-state index contributed by atoms with van der Waals surface area (Å²) in [5.41, 5.74) is 1.08. The van der Waals surface area contributed by atoms with Gasteiger partial charge in [0.15, 0.2) is 0 Å². The summed E-state index contributed by atoms with van der Waals surface area (Å²) in [6.45, 7) is 0.406. The van der Waals surface area contributed by atoms with Gasteiger partial charge in [-0.1, -0.05) is 42.5 Å². The summed E-state index contributed by atoms with van der Waals surface area (Å²) in [4.78, 5) is 0. The Balaban J connectivity index is 2.30. The van der Waals surface area contributed by atoms with Crippen molar-refractivity contribution >= 4 is 10.8 Å². The molecule has 0 aromatic heterocycles. The molecule has 0 bridgehead atoms. The van der Waals surface area contributed by atoms with Crippen LogP contribution in [-0.2, 0) is 6.42 Å². The Bertz CT molecular complexity index is 462. The van der Waals surface area contributed by atoms with Gasteiger partial charge in [-0.15, -0.1) is 0 Å². The molecule has 0 spiro atoms. The highest BCUT2D eigenvalue weighted by molar-refractivity contribution is 5.85. The zero-order valence-corrected chi connectivity index (χ0v) is 9.41. The van der Waals surface area contributed by atoms with E-state index in [1.54, 1.807) is 7.05 Å². The maximum Gasteiger partial charge on any atom is 0.117 e. The van der Waals surface area contributed by atoms with Crippen molar-refractivity contribution in [3.05, 3.63) is 48.0 Å². The number of nitrogens with one attached hydrogen (secondary N) is 1. The van der Waals surface area contributed by atoms with Crippen molar-refractivity contribution in [2.45, 2.75) is 12.6 Å². The lowest BCUT2D eigenvalue weighted by atomic mass is 10.0. The Kier molecular flexibility index (Phi) is 3.52. The van der Waals surface area contributed by atoms with Gasteiger partial charge in [0.2, 0.25) is 0 Å². The molecule has 2 rings (SSSR count). The van der Waals surface area contributed by atoms with Crippen molar-refractivity contribution in [2.24, 2.45) is 0 Å². The lowest BCUT2D eigenvalue weighted by molar-refractivity contribution is 0.325. The third-order valence-electron chi connectivity index (χ3n) is 2.75. The van der Waals surface area contributed by atoms with Crippen molar-refractivity contribution in [3.63, 3.8) is 0 Å². The van der Waals surface area contributed by atoms with Crippen LogP contribution < -0.4 is 5.32 Å². The summed E-state index contributed by atoms with van der Waals surface area (Å²) in [5.74, 6) is 0. The predicted molar refractivity (Wildman–Crippen MR) is 66.5 cm³/mol. The van der Waals surface area contributed by atoms with E-state index < -0.39 is 6.17 Å². The fourth-order valence-electron chi connectivity index (χ4n) is 2.00. The van der Waals surface area contributed by atoms with Gasteiger partial charge < -0.3 is 5.32 Å². The summed E-state index contributed by atoms with van der Waals surface area (Å²) in [5, 5.41) is 5.19. The maximum atomic E-state index is 13.6. The van der Waals surface area contributed by atoms with Crippen LogP contribution in [-0.4, -0.2) is 19.8 Å². The van der Waals surface area contributed by atoms with Crippen LogP contribution in [0, 0.1) is 0 Å².